The summed E-state index contributed by atoms with van der Waals surface area (Å²) in [5.41, 5.74) is 0. The van der Waals surface area contributed by atoms with Gasteiger partial charge in [0.15, 0.2) is 0 Å². The van der Waals surface area contributed by atoms with Gasteiger partial charge >= 0.3 is 0 Å². The number of carbonyl (C=O) groups is 1. The van der Waals surface area contributed by atoms with Crippen molar-refractivity contribution in [3.8, 4) is 0 Å². The van der Waals surface area contributed by atoms with E-state index in [2.05, 4.69) is 26.0 Å². The van der Waals surface area contributed by atoms with Crippen LogP contribution in [0.4, 0.5) is 0 Å². The highest BCUT2D eigenvalue weighted by molar-refractivity contribution is 5.86. The molecule has 0 aromatic rings. The first-order valence-corrected chi connectivity index (χ1v) is 5.37. The molecular weight excluding hydrogens is 228 g/mol. The van der Waals surface area contributed by atoms with E-state index in [-0.39, 0.29) is 18.3 Å². The molecule has 1 unspecified atom stereocenters. The third-order valence-electron chi connectivity index (χ3n) is 2.53. The summed E-state index contributed by atoms with van der Waals surface area (Å²) < 4.78 is 6.16. The quantitative estimate of drug-likeness (QED) is 0.228. The number of hydrogen-bond donors (Lipinski definition) is 1. The van der Waals surface area contributed by atoms with E-state index in [4.69, 9.17) is 4.74 Å². The van der Waals surface area contributed by atoms with Crippen molar-refractivity contribution < 1.29 is 26.4 Å². The van der Waals surface area contributed by atoms with E-state index in [0.717, 1.165) is 37.1 Å². The van der Waals surface area contributed by atoms with Crippen LogP contribution in [0.3, 0.4) is 0 Å². The molecule has 0 aromatic heterocycles. The minimum absolute atomic E-state index is 0. The van der Waals surface area contributed by atoms with E-state index in [9.17, 15) is 4.79 Å². The molecule has 1 heterocycles. The number of nitrogens with one attached hydrogen (secondary N) is 1. The molecule has 16 heavy (non-hydrogen) atoms. The van der Waals surface area contributed by atoms with Crippen molar-refractivity contribution in [1.29, 1.82) is 0 Å². The maximum atomic E-state index is 10.9. The smallest absolute Gasteiger partial charge is 0.243 e. The summed E-state index contributed by atoms with van der Waals surface area (Å²) in [6.07, 6.45) is 2.75. The average Bonchev–Trinajstić information content (AvgIpc) is 2.95. The van der Waals surface area contributed by atoms with Crippen LogP contribution in [0.15, 0.2) is 12.7 Å². The summed E-state index contributed by atoms with van der Waals surface area (Å²) in [6, 6.07) is 0. The van der Waals surface area contributed by atoms with Gasteiger partial charge in [-0.05, 0) is 6.08 Å². The largest absolute Gasteiger partial charge is 1.00 e. The van der Waals surface area contributed by atoms with Gasteiger partial charge in [0.05, 0.1) is 27.2 Å². The molecule has 1 aliphatic heterocycles. The molecular formula is C11H21ClN2O2. The predicted octanol–water partition coefficient (Wildman–Crippen LogP) is -2.84. The number of rotatable bonds is 7. The van der Waals surface area contributed by atoms with E-state index in [1.807, 2.05) is 0 Å². The summed E-state index contributed by atoms with van der Waals surface area (Å²) in [7, 11) is 4.38. The molecule has 1 atom stereocenters. The Morgan fingerprint density at radius 1 is 1.62 bits per heavy atom. The lowest BCUT2D eigenvalue weighted by Crippen LogP contribution is -3.00. The van der Waals surface area contributed by atoms with Gasteiger partial charge in [0.1, 0.15) is 12.6 Å². The van der Waals surface area contributed by atoms with Crippen LogP contribution in [0, 0.1) is 0 Å². The minimum atomic E-state index is -0.0918. The van der Waals surface area contributed by atoms with Crippen molar-refractivity contribution in [3.63, 3.8) is 0 Å². The Morgan fingerprint density at radius 3 is 2.75 bits per heavy atom. The van der Waals surface area contributed by atoms with E-state index in [1.54, 1.807) is 0 Å². The van der Waals surface area contributed by atoms with Crippen molar-refractivity contribution in [3.05, 3.63) is 12.7 Å². The highest BCUT2D eigenvalue weighted by Crippen LogP contribution is 2.13. The fourth-order valence-corrected chi connectivity index (χ4v) is 1.61. The second-order valence-corrected chi connectivity index (χ2v) is 4.65. The fraction of sp³-hybridized carbons (Fsp3) is 0.727. The number of quaternary nitrogens is 1. The Balaban J connectivity index is 0.00000225. The molecule has 0 spiro atoms. The normalized spacial score (nSPS) is 18.5. The van der Waals surface area contributed by atoms with Gasteiger partial charge in [-0.3, -0.25) is 4.79 Å². The van der Waals surface area contributed by atoms with Crippen LogP contribution < -0.4 is 17.7 Å². The number of epoxide rings is 1. The second-order valence-electron chi connectivity index (χ2n) is 4.65. The Labute approximate surface area is 104 Å². The molecule has 0 saturated carbocycles. The Hall–Kier alpha value is -0.580. The fourth-order valence-electron chi connectivity index (χ4n) is 1.61. The number of hydrogen-bond acceptors (Lipinski definition) is 2. The van der Waals surface area contributed by atoms with Crippen molar-refractivity contribution in [2.75, 3.05) is 40.3 Å². The molecule has 1 rings (SSSR count). The van der Waals surface area contributed by atoms with E-state index in [0.29, 0.717) is 6.10 Å². The summed E-state index contributed by atoms with van der Waals surface area (Å²) in [5, 5.41) is 2.78. The number of amides is 1. The summed E-state index contributed by atoms with van der Waals surface area (Å²) in [5.74, 6) is -0.0918. The van der Waals surface area contributed by atoms with Gasteiger partial charge in [-0.25, -0.2) is 0 Å². The first-order valence-electron chi connectivity index (χ1n) is 5.37. The number of halogens is 1. The van der Waals surface area contributed by atoms with Gasteiger partial charge in [-0.1, -0.05) is 6.58 Å². The lowest BCUT2D eigenvalue weighted by Gasteiger charge is -2.29. The van der Waals surface area contributed by atoms with Gasteiger partial charge < -0.3 is 26.9 Å². The molecule has 94 valence electrons. The summed E-state index contributed by atoms with van der Waals surface area (Å²) >= 11 is 0. The maximum Gasteiger partial charge on any atom is 0.243 e. The van der Waals surface area contributed by atoms with E-state index >= 15 is 0 Å². The zero-order valence-corrected chi connectivity index (χ0v) is 10.8. The topological polar surface area (TPSA) is 41.6 Å². The SMILES string of the molecule is C=CC(=O)NCCC[N+](C)(C)CC1CO1.[Cl-]. The zero-order valence-electron chi connectivity index (χ0n) is 10.0. The van der Waals surface area contributed by atoms with Crippen LogP contribution in [0.5, 0.6) is 0 Å². The van der Waals surface area contributed by atoms with Gasteiger partial charge in [-0.15, -0.1) is 0 Å². The summed E-state index contributed by atoms with van der Waals surface area (Å²) in [4.78, 5) is 10.9. The molecule has 1 N–H and O–H groups in total. The monoisotopic (exact) mass is 248 g/mol. The van der Waals surface area contributed by atoms with Crippen LogP contribution >= 0.6 is 0 Å². The molecule has 1 saturated heterocycles. The molecule has 1 aliphatic rings. The molecule has 0 bridgehead atoms. The van der Waals surface area contributed by atoms with Gasteiger partial charge in [0, 0.05) is 13.0 Å². The van der Waals surface area contributed by atoms with Crippen molar-refractivity contribution in [2.24, 2.45) is 0 Å². The molecule has 1 amide bonds. The first-order chi connectivity index (χ1) is 7.03. The molecule has 0 aromatic carbocycles. The number of likely N-dealkylation sites (N-methyl/N-ethyl adjacent to an activating group) is 1. The third-order valence-corrected chi connectivity index (χ3v) is 2.53. The van der Waals surface area contributed by atoms with Crippen LogP contribution in [0.1, 0.15) is 6.42 Å². The van der Waals surface area contributed by atoms with Crippen LogP contribution in [-0.4, -0.2) is 56.8 Å². The van der Waals surface area contributed by atoms with Crippen molar-refractivity contribution in [1.82, 2.24) is 5.32 Å². The average molecular weight is 249 g/mol. The second kappa shape index (κ2) is 6.89. The molecule has 1 fully saturated rings. The van der Waals surface area contributed by atoms with E-state index < -0.39 is 0 Å². The van der Waals surface area contributed by atoms with Gasteiger partial charge in [0.2, 0.25) is 5.91 Å². The predicted molar refractivity (Wildman–Crippen MR) is 59.4 cm³/mol. The molecule has 5 heteroatoms. The van der Waals surface area contributed by atoms with E-state index in [1.165, 1.54) is 6.08 Å². The number of nitrogens with zero attached hydrogens (tertiary/aromatic N) is 1. The van der Waals surface area contributed by atoms with Gasteiger partial charge in [-0.2, -0.15) is 0 Å². The van der Waals surface area contributed by atoms with Crippen molar-refractivity contribution in [2.45, 2.75) is 12.5 Å². The number of ether oxygens (including phenoxy) is 1. The minimum Gasteiger partial charge on any atom is -1.00 e. The lowest BCUT2D eigenvalue weighted by molar-refractivity contribution is -0.890. The highest BCUT2D eigenvalue weighted by atomic mass is 35.5. The Kier molecular flexibility index (Phi) is 6.64. The third kappa shape index (κ3) is 6.82. The first kappa shape index (κ1) is 15.4. The van der Waals surface area contributed by atoms with Gasteiger partial charge in [0.25, 0.3) is 0 Å². The van der Waals surface area contributed by atoms with Crippen LogP contribution in [0.25, 0.3) is 0 Å². The molecule has 4 nitrogen and oxygen atoms in total. The Bertz CT molecular complexity index is 240. The lowest BCUT2D eigenvalue weighted by atomic mass is 10.3. The Morgan fingerprint density at radius 2 is 2.25 bits per heavy atom. The summed E-state index contributed by atoms with van der Waals surface area (Å²) in [6.45, 7) is 7.15. The van der Waals surface area contributed by atoms with Crippen LogP contribution in [-0.2, 0) is 9.53 Å². The maximum absolute atomic E-state index is 10.9. The molecule has 0 radical (unpaired) electrons. The highest BCUT2D eigenvalue weighted by Gasteiger charge is 2.30. The molecule has 0 aliphatic carbocycles. The zero-order chi connectivity index (χ0) is 11.3. The van der Waals surface area contributed by atoms with Crippen molar-refractivity contribution >= 4 is 5.91 Å². The van der Waals surface area contributed by atoms with Crippen LogP contribution in [0.2, 0.25) is 0 Å². The standard InChI is InChI=1S/C11H20N2O2.ClH/c1-4-11(14)12-6-5-7-13(2,3)8-10-9-15-10;/h4,10H,1,5-9H2,2-3H3;1H. The number of carbonyl (C=O) groups excluding carboxylic acids is 1.